The molecule has 20 heavy (non-hydrogen) atoms. The number of hydrogen-bond donors (Lipinski definition) is 3. The van der Waals surface area contributed by atoms with E-state index in [-0.39, 0.29) is 10.6 Å². The molecule has 0 heterocycles. The summed E-state index contributed by atoms with van der Waals surface area (Å²) in [7, 11) is -3.78. The fraction of sp³-hybridized carbons (Fsp3) is 0.571. The van der Waals surface area contributed by atoms with Crippen LogP contribution in [-0.2, 0) is 10.0 Å². The van der Waals surface area contributed by atoms with E-state index >= 15 is 0 Å². The molecular weight excluding hydrogens is 274 g/mol. The summed E-state index contributed by atoms with van der Waals surface area (Å²) >= 11 is 0. The summed E-state index contributed by atoms with van der Waals surface area (Å²) in [5.41, 5.74) is 6.70. The Bertz CT molecular complexity index is 529. The molecule has 0 spiro atoms. The first-order valence-electron chi connectivity index (χ1n) is 7.05. The number of nitrogens with two attached hydrogens (primary N) is 2. The lowest BCUT2D eigenvalue weighted by molar-refractivity contribution is 0.473. The molecule has 5 N–H and O–H groups in total. The first kappa shape index (κ1) is 16.8. The summed E-state index contributed by atoms with van der Waals surface area (Å²) in [4.78, 5) is -0.0240. The number of nitrogens with one attached hydrogen (secondary N) is 1. The third-order valence-corrected chi connectivity index (χ3v) is 4.47. The van der Waals surface area contributed by atoms with E-state index in [2.05, 4.69) is 19.2 Å². The minimum Gasteiger partial charge on any atom is -0.396 e. The predicted molar refractivity (Wildman–Crippen MR) is 84.0 cm³/mol. The molecule has 0 radical (unpaired) electrons. The summed E-state index contributed by atoms with van der Waals surface area (Å²) in [6.07, 6.45) is 4.63. The van der Waals surface area contributed by atoms with Crippen LogP contribution in [0.1, 0.15) is 39.5 Å². The smallest absolute Gasteiger partial charge is 0.240 e. The fourth-order valence-corrected chi connectivity index (χ4v) is 2.83. The van der Waals surface area contributed by atoms with Gasteiger partial charge in [-0.2, -0.15) is 0 Å². The maximum Gasteiger partial charge on any atom is 0.240 e. The van der Waals surface area contributed by atoms with E-state index in [0.29, 0.717) is 11.6 Å². The Morgan fingerprint density at radius 2 is 2.00 bits per heavy atom. The Morgan fingerprint density at radius 1 is 1.30 bits per heavy atom. The lowest BCUT2D eigenvalue weighted by atomic mass is 9.99. The zero-order valence-electron chi connectivity index (χ0n) is 12.2. The van der Waals surface area contributed by atoms with Crippen molar-refractivity contribution in [2.45, 2.75) is 44.4 Å². The summed E-state index contributed by atoms with van der Waals surface area (Å²) in [6, 6.07) is 4.84. The van der Waals surface area contributed by atoms with Gasteiger partial charge in [-0.25, -0.2) is 13.6 Å². The van der Waals surface area contributed by atoms with Gasteiger partial charge in [-0.1, -0.05) is 39.2 Å². The van der Waals surface area contributed by atoms with Crippen LogP contribution in [0.2, 0.25) is 0 Å². The molecule has 1 atom stereocenters. The molecule has 5 nitrogen and oxygen atoms in total. The summed E-state index contributed by atoms with van der Waals surface area (Å²) < 4.78 is 22.8. The maximum atomic E-state index is 11.4. The molecule has 114 valence electrons. The van der Waals surface area contributed by atoms with Crippen molar-refractivity contribution in [3.63, 3.8) is 0 Å². The van der Waals surface area contributed by atoms with Gasteiger partial charge in [0.2, 0.25) is 10.0 Å². The first-order valence-corrected chi connectivity index (χ1v) is 8.59. The van der Waals surface area contributed by atoms with Crippen LogP contribution in [0, 0.1) is 5.92 Å². The van der Waals surface area contributed by atoms with E-state index < -0.39 is 10.0 Å². The van der Waals surface area contributed by atoms with Gasteiger partial charge in [-0.15, -0.1) is 0 Å². The van der Waals surface area contributed by atoms with E-state index in [9.17, 15) is 8.42 Å². The van der Waals surface area contributed by atoms with Crippen LogP contribution in [-0.4, -0.2) is 15.0 Å². The van der Waals surface area contributed by atoms with Crippen LogP contribution in [0.5, 0.6) is 0 Å². The summed E-state index contributed by atoms with van der Waals surface area (Å²) in [5, 5.41) is 8.38. The number of rotatable bonds is 8. The van der Waals surface area contributed by atoms with Gasteiger partial charge in [-0.05, 0) is 24.5 Å². The Labute approximate surface area is 121 Å². The van der Waals surface area contributed by atoms with Crippen LogP contribution in [0.3, 0.4) is 0 Å². The molecule has 0 aliphatic carbocycles. The second kappa shape index (κ2) is 7.50. The number of hydrogen-bond acceptors (Lipinski definition) is 4. The summed E-state index contributed by atoms with van der Waals surface area (Å²) in [6.45, 7) is 5.12. The highest BCUT2D eigenvalue weighted by molar-refractivity contribution is 7.89. The minimum absolute atomic E-state index is 0.0240. The molecule has 1 rings (SSSR count). The highest BCUT2D eigenvalue weighted by Gasteiger charge is 2.15. The van der Waals surface area contributed by atoms with E-state index in [1.54, 1.807) is 12.1 Å². The molecule has 0 saturated carbocycles. The van der Waals surface area contributed by atoms with Crippen LogP contribution >= 0.6 is 0 Å². The Morgan fingerprint density at radius 3 is 2.55 bits per heavy atom. The normalized spacial score (nSPS) is 13.2. The second-order valence-electron chi connectivity index (χ2n) is 5.06. The van der Waals surface area contributed by atoms with Gasteiger partial charge in [0, 0.05) is 6.54 Å². The topological polar surface area (TPSA) is 98.2 Å². The number of para-hydroxylation sites is 1. The molecular formula is C14H25N3O2S. The number of anilines is 2. The molecule has 1 aromatic rings. The molecule has 0 aliphatic rings. The van der Waals surface area contributed by atoms with Crippen molar-refractivity contribution < 1.29 is 8.42 Å². The SMILES string of the molecule is CCCCC(CC)CNc1cccc(S(N)(=O)=O)c1N. The van der Waals surface area contributed by atoms with Crippen LogP contribution in [0.25, 0.3) is 0 Å². The predicted octanol–water partition coefficient (Wildman–Crippen LogP) is 2.54. The second-order valence-corrected chi connectivity index (χ2v) is 6.59. The molecule has 0 aromatic heterocycles. The highest BCUT2D eigenvalue weighted by Crippen LogP contribution is 2.26. The Balaban J connectivity index is 2.78. The average molecular weight is 299 g/mol. The Kier molecular flexibility index (Phi) is 6.29. The van der Waals surface area contributed by atoms with Crippen molar-refractivity contribution in [2.24, 2.45) is 11.1 Å². The maximum absolute atomic E-state index is 11.4. The van der Waals surface area contributed by atoms with Gasteiger partial charge < -0.3 is 11.1 Å². The van der Waals surface area contributed by atoms with Crippen molar-refractivity contribution in [1.82, 2.24) is 0 Å². The van der Waals surface area contributed by atoms with Crippen molar-refractivity contribution >= 4 is 21.4 Å². The summed E-state index contributed by atoms with van der Waals surface area (Å²) in [5.74, 6) is 0.562. The van der Waals surface area contributed by atoms with Gasteiger partial charge in [-0.3, -0.25) is 0 Å². The van der Waals surface area contributed by atoms with Crippen molar-refractivity contribution in [3.05, 3.63) is 18.2 Å². The lowest BCUT2D eigenvalue weighted by Crippen LogP contribution is -2.18. The number of primary sulfonamides is 1. The highest BCUT2D eigenvalue weighted by atomic mass is 32.2. The molecule has 0 saturated heterocycles. The fourth-order valence-electron chi connectivity index (χ4n) is 2.14. The van der Waals surface area contributed by atoms with E-state index in [1.165, 1.54) is 18.9 Å². The van der Waals surface area contributed by atoms with Crippen molar-refractivity contribution in [1.29, 1.82) is 0 Å². The van der Waals surface area contributed by atoms with Gasteiger partial charge in [0.05, 0.1) is 11.4 Å². The zero-order chi connectivity index (χ0) is 15.2. The van der Waals surface area contributed by atoms with Crippen LogP contribution in [0.15, 0.2) is 23.1 Å². The number of nitrogen functional groups attached to an aromatic ring is 1. The van der Waals surface area contributed by atoms with Crippen molar-refractivity contribution in [3.8, 4) is 0 Å². The average Bonchev–Trinajstić information content (AvgIpc) is 2.39. The zero-order valence-corrected chi connectivity index (χ0v) is 13.0. The Hall–Kier alpha value is -1.27. The molecule has 0 amide bonds. The van der Waals surface area contributed by atoms with Gasteiger partial charge in [0.15, 0.2) is 0 Å². The number of sulfonamides is 1. The molecule has 0 aliphatic heterocycles. The van der Waals surface area contributed by atoms with Crippen LogP contribution < -0.4 is 16.2 Å². The molecule has 1 unspecified atom stereocenters. The van der Waals surface area contributed by atoms with E-state index in [4.69, 9.17) is 10.9 Å². The standard InChI is InChI=1S/C14H25N3O2S/c1-3-5-7-11(4-2)10-17-12-8-6-9-13(14(12)15)20(16,18)19/h6,8-9,11,17H,3-5,7,10,15H2,1-2H3,(H2,16,18,19). The minimum atomic E-state index is -3.78. The molecule has 0 fully saturated rings. The van der Waals surface area contributed by atoms with Gasteiger partial charge in [0.25, 0.3) is 0 Å². The number of benzene rings is 1. The third kappa shape index (κ3) is 4.68. The quantitative estimate of drug-likeness (QED) is 0.642. The molecule has 0 bridgehead atoms. The van der Waals surface area contributed by atoms with Crippen LogP contribution in [0.4, 0.5) is 11.4 Å². The molecule has 6 heteroatoms. The van der Waals surface area contributed by atoms with Crippen molar-refractivity contribution in [2.75, 3.05) is 17.6 Å². The number of unbranched alkanes of at least 4 members (excludes halogenated alkanes) is 1. The lowest BCUT2D eigenvalue weighted by Gasteiger charge is -2.18. The first-order chi connectivity index (χ1) is 9.40. The van der Waals surface area contributed by atoms with E-state index in [1.807, 2.05) is 0 Å². The monoisotopic (exact) mass is 299 g/mol. The molecule has 1 aromatic carbocycles. The largest absolute Gasteiger partial charge is 0.396 e. The van der Waals surface area contributed by atoms with Gasteiger partial charge in [0.1, 0.15) is 4.90 Å². The van der Waals surface area contributed by atoms with Gasteiger partial charge >= 0.3 is 0 Å². The third-order valence-electron chi connectivity index (χ3n) is 3.50. The van der Waals surface area contributed by atoms with E-state index in [0.717, 1.165) is 19.4 Å².